The van der Waals surface area contributed by atoms with Crippen molar-refractivity contribution in [2.75, 3.05) is 7.05 Å². The zero-order chi connectivity index (χ0) is 13.4. The van der Waals surface area contributed by atoms with E-state index in [2.05, 4.69) is 11.4 Å². The summed E-state index contributed by atoms with van der Waals surface area (Å²) in [7, 11) is 2.04. The number of fused-ring (bicyclic) bond motifs is 2. The normalized spacial score (nSPS) is 30.8. The number of hydrogen-bond acceptors (Lipinski definition) is 1. The van der Waals surface area contributed by atoms with Gasteiger partial charge in [0, 0.05) is 6.04 Å². The van der Waals surface area contributed by atoms with Gasteiger partial charge in [-0.05, 0) is 68.2 Å². The molecule has 104 valence electrons. The highest BCUT2D eigenvalue weighted by Crippen LogP contribution is 2.51. The maximum atomic E-state index is 6.13. The molecular formula is C16H21Cl2N. The van der Waals surface area contributed by atoms with Crippen LogP contribution in [-0.2, 0) is 0 Å². The molecule has 19 heavy (non-hydrogen) atoms. The standard InChI is InChI=1S/C16H21Cl2N/c1-19-16(12-4-5-14(17)15(18)8-12)9-13-7-10-2-3-11(13)6-10/h4-5,8,10-11,13,16,19H,2-3,6-7,9H2,1H3. The minimum absolute atomic E-state index is 0.402. The molecule has 3 heteroatoms. The van der Waals surface area contributed by atoms with Crippen LogP contribution in [0.15, 0.2) is 18.2 Å². The average Bonchev–Trinajstić information content (AvgIpc) is 3.01. The lowest BCUT2D eigenvalue weighted by Crippen LogP contribution is -2.22. The van der Waals surface area contributed by atoms with Crippen molar-refractivity contribution >= 4 is 23.2 Å². The zero-order valence-corrected chi connectivity index (χ0v) is 12.8. The zero-order valence-electron chi connectivity index (χ0n) is 11.3. The van der Waals surface area contributed by atoms with E-state index in [1.807, 2.05) is 19.2 Å². The second kappa shape index (κ2) is 5.63. The molecular weight excluding hydrogens is 277 g/mol. The van der Waals surface area contributed by atoms with Crippen molar-refractivity contribution in [3.63, 3.8) is 0 Å². The second-order valence-corrected chi connectivity index (χ2v) is 7.00. The first-order valence-corrected chi connectivity index (χ1v) is 8.05. The summed E-state index contributed by atoms with van der Waals surface area (Å²) in [5, 5.41) is 4.75. The van der Waals surface area contributed by atoms with Crippen molar-refractivity contribution in [3.05, 3.63) is 33.8 Å². The van der Waals surface area contributed by atoms with Gasteiger partial charge in [0.25, 0.3) is 0 Å². The van der Waals surface area contributed by atoms with Crippen LogP contribution in [0.4, 0.5) is 0 Å². The average molecular weight is 298 g/mol. The first-order chi connectivity index (χ1) is 9.17. The Hall–Kier alpha value is -0.240. The van der Waals surface area contributed by atoms with Crippen LogP contribution in [0.3, 0.4) is 0 Å². The molecule has 2 fully saturated rings. The lowest BCUT2D eigenvalue weighted by atomic mass is 9.83. The summed E-state index contributed by atoms with van der Waals surface area (Å²) in [5.41, 5.74) is 1.26. The van der Waals surface area contributed by atoms with Gasteiger partial charge in [-0.15, -0.1) is 0 Å². The molecule has 4 atom stereocenters. The van der Waals surface area contributed by atoms with Crippen LogP contribution >= 0.6 is 23.2 Å². The van der Waals surface area contributed by atoms with E-state index in [0.29, 0.717) is 16.1 Å². The van der Waals surface area contributed by atoms with Crippen LogP contribution in [0, 0.1) is 17.8 Å². The molecule has 0 heterocycles. The van der Waals surface area contributed by atoms with Gasteiger partial charge in [-0.2, -0.15) is 0 Å². The van der Waals surface area contributed by atoms with Crippen molar-refractivity contribution in [2.45, 2.75) is 38.1 Å². The van der Waals surface area contributed by atoms with E-state index in [1.165, 1.54) is 37.7 Å². The minimum Gasteiger partial charge on any atom is -0.313 e. The molecule has 1 nitrogen and oxygen atoms in total. The number of rotatable bonds is 4. The highest BCUT2D eigenvalue weighted by atomic mass is 35.5. The van der Waals surface area contributed by atoms with Crippen LogP contribution in [0.2, 0.25) is 10.0 Å². The number of hydrogen-bond donors (Lipinski definition) is 1. The molecule has 2 saturated carbocycles. The number of nitrogens with one attached hydrogen (secondary N) is 1. The van der Waals surface area contributed by atoms with Crippen molar-refractivity contribution in [1.82, 2.24) is 5.32 Å². The van der Waals surface area contributed by atoms with Gasteiger partial charge in [0.15, 0.2) is 0 Å². The van der Waals surface area contributed by atoms with Crippen LogP contribution in [0.5, 0.6) is 0 Å². The largest absolute Gasteiger partial charge is 0.313 e. The fraction of sp³-hybridized carbons (Fsp3) is 0.625. The molecule has 1 aromatic carbocycles. The van der Waals surface area contributed by atoms with Gasteiger partial charge >= 0.3 is 0 Å². The summed E-state index contributed by atoms with van der Waals surface area (Å²) in [6, 6.07) is 6.42. The molecule has 3 rings (SSSR count). The third kappa shape index (κ3) is 2.79. The van der Waals surface area contributed by atoms with E-state index in [-0.39, 0.29) is 0 Å². The van der Waals surface area contributed by atoms with Gasteiger partial charge in [0.1, 0.15) is 0 Å². The molecule has 0 aromatic heterocycles. The molecule has 0 saturated heterocycles. The lowest BCUT2D eigenvalue weighted by Gasteiger charge is -2.27. The minimum atomic E-state index is 0.402. The molecule has 2 bridgehead atoms. The number of halogens is 2. The topological polar surface area (TPSA) is 12.0 Å². The predicted octanol–water partition coefficient (Wildman–Crippen LogP) is 5.08. The summed E-state index contributed by atoms with van der Waals surface area (Å²) < 4.78 is 0. The molecule has 0 spiro atoms. The molecule has 0 amide bonds. The quantitative estimate of drug-likeness (QED) is 0.817. The van der Waals surface area contributed by atoms with Gasteiger partial charge in [-0.1, -0.05) is 35.7 Å². The predicted molar refractivity (Wildman–Crippen MR) is 81.8 cm³/mol. The molecule has 1 aromatic rings. The van der Waals surface area contributed by atoms with Gasteiger partial charge < -0.3 is 5.32 Å². The maximum Gasteiger partial charge on any atom is 0.0595 e. The van der Waals surface area contributed by atoms with E-state index in [4.69, 9.17) is 23.2 Å². The van der Waals surface area contributed by atoms with Crippen LogP contribution in [0.1, 0.15) is 43.7 Å². The van der Waals surface area contributed by atoms with E-state index >= 15 is 0 Å². The summed E-state index contributed by atoms with van der Waals surface area (Å²) in [6.07, 6.45) is 7.06. The van der Waals surface area contributed by atoms with Gasteiger partial charge in [-0.25, -0.2) is 0 Å². The first-order valence-electron chi connectivity index (χ1n) is 7.29. The fourth-order valence-electron chi connectivity index (χ4n) is 4.12. The van der Waals surface area contributed by atoms with E-state index in [9.17, 15) is 0 Å². The lowest BCUT2D eigenvalue weighted by molar-refractivity contribution is 0.284. The Kier molecular flexibility index (Phi) is 4.07. The molecule has 2 aliphatic rings. The van der Waals surface area contributed by atoms with E-state index < -0.39 is 0 Å². The van der Waals surface area contributed by atoms with Crippen LogP contribution < -0.4 is 5.32 Å². The van der Waals surface area contributed by atoms with Crippen molar-refractivity contribution in [1.29, 1.82) is 0 Å². The summed E-state index contributed by atoms with van der Waals surface area (Å²) in [6.45, 7) is 0. The summed E-state index contributed by atoms with van der Waals surface area (Å²) in [4.78, 5) is 0. The van der Waals surface area contributed by atoms with Crippen molar-refractivity contribution in [3.8, 4) is 0 Å². The van der Waals surface area contributed by atoms with Gasteiger partial charge in [0.2, 0.25) is 0 Å². The van der Waals surface area contributed by atoms with Crippen molar-refractivity contribution in [2.24, 2.45) is 17.8 Å². The maximum absolute atomic E-state index is 6.13. The highest BCUT2D eigenvalue weighted by Gasteiger charge is 2.40. The molecule has 2 aliphatic carbocycles. The van der Waals surface area contributed by atoms with E-state index in [1.54, 1.807) is 0 Å². The van der Waals surface area contributed by atoms with Crippen LogP contribution in [-0.4, -0.2) is 7.05 Å². The summed E-state index contributed by atoms with van der Waals surface area (Å²) >= 11 is 12.1. The summed E-state index contributed by atoms with van der Waals surface area (Å²) in [5.74, 6) is 2.88. The number of benzene rings is 1. The molecule has 1 N–H and O–H groups in total. The highest BCUT2D eigenvalue weighted by molar-refractivity contribution is 6.42. The molecule has 4 unspecified atom stereocenters. The Morgan fingerprint density at radius 3 is 2.63 bits per heavy atom. The Morgan fingerprint density at radius 1 is 1.21 bits per heavy atom. The fourth-order valence-corrected chi connectivity index (χ4v) is 4.42. The SMILES string of the molecule is CNC(CC1CC2CCC1C2)c1ccc(Cl)c(Cl)c1. The van der Waals surface area contributed by atoms with Crippen LogP contribution in [0.25, 0.3) is 0 Å². The van der Waals surface area contributed by atoms with Gasteiger partial charge in [0.05, 0.1) is 10.0 Å². The Morgan fingerprint density at radius 2 is 2.05 bits per heavy atom. The smallest absolute Gasteiger partial charge is 0.0595 e. The first kappa shape index (κ1) is 13.7. The Bertz CT molecular complexity index is 460. The Balaban J connectivity index is 1.71. The molecule has 0 aliphatic heterocycles. The molecule has 0 radical (unpaired) electrons. The van der Waals surface area contributed by atoms with E-state index in [0.717, 1.165) is 17.8 Å². The second-order valence-electron chi connectivity index (χ2n) is 6.19. The Labute approximate surface area is 125 Å². The monoisotopic (exact) mass is 297 g/mol. The third-order valence-corrected chi connectivity index (χ3v) is 5.86. The van der Waals surface area contributed by atoms with Crippen molar-refractivity contribution < 1.29 is 0 Å². The van der Waals surface area contributed by atoms with Gasteiger partial charge in [-0.3, -0.25) is 0 Å². The third-order valence-electron chi connectivity index (χ3n) is 5.12.